The van der Waals surface area contributed by atoms with Crippen LogP contribution in [0.5, 0.6) is 0 Å². The predicted octanol–water partition coefficient (Wildman–Crippen LogP) is 2.83. The van der Waals surface area contributed by atoms with E-state index in [1.807, 2.05) is 37.3 Å². The highest BCUT2D eigenvalue weighted by molar-refractivity contribution is 5.98. The number of carbonyl (C=O) groups is 3. The van der Waals surface area contributed by atoms with Crippen LogP contribution in [0.4, 0.5) is 0 Å². The van der Waals surface area contributed by atoms with Gasteiger partial charge in [0.15, 0.2) is 11.7 Å². The Bertz CT molecular complexity index is 646. The third kappa shape index (κ3) is 3.98. The molecular weight excluding hydrogens is 320 g/mol. The van der Waals surface area contributed by atoms with Crippen LogP contribution >= 0.6 is 0 Å². The number of esters is 2. The molecule has 5 nitrogen and oxygen atoms in total. The molecule has 0 saturated heterocycles. The first kappa shape index (κ1) is 18.9. The first-order chi connectivity index (χ1) is 11.9. The molecule has 0 saturated carbocycles. The van der Waals surface area contributed by atoms with Gasteiger partial charge in [0.05, 0.1) is 13.2 Å². The third-order valence-corrected chi connectivity index (χ3v) is 4.69. The van der Waals surface area contributed by atoms with Gasteiger partial charge in [-0.15, -0.1) is 0 Å². The Labute approximate surface area is 148 Å². The van der Waals surface area contributed by atoms with E-state index in [-0.39, 0.29) is 25.4 Å². The summed E-state index contributed by atoms with van der Waals surface area (Å²) >= 11 is 0. The Balaban J connectivity index is 2.51. The Morgan fingerprint density at radius 2 is 1.68 bits per heavy atom. The van der Waals surface area contributed by atoms with Crippen molar-refractivity contribution in [3.63, 3.8) is 0 Å². The normalized spacial score (nSPS) is 22.7. The Morgan fingerprint density at radius 3 is 2.20 bits per heavy atom. The van der Waals surface area contributed by atoms with Crippen LogP contribution in [0.15, 0.2) is 42.5 Å². The number of hydrogen-bond donors (Lipinski definition) is 0. The molecule has 1 aliphatic carbocycles. The number of ether oxygens (including phenoxy) is 2. The van der Waals surface area contributed by atoms with Crippen molar-refractivity contribution in [3.05, 3.63) is 48.0 Å². The van der Waals surface area contributed by atoms with Crippen molar-refractivity contribution in [3.8, 4) is 0 Å². The highest BCUT2D eigenvalue weighted by Crippen LogP contribution is 2.43. The molecule has 0 aliphatic heterocycles. The van der Waals surface area contributed by atoms with E-state index < -0.39 is 29.2 Å². The van der Waals surface area contributed by atoms with Crippen LogP contribution in [-0.4, -0.2) is 30.9 Å². The molecule has 0 amide bonds. The van der Waals surface area contributed by atoms with Gasteiger partial charge >= 0.3 is 11.9 Å². The lowest BCUT2D eigenvalue weighted by Crippen LogP contribution is -2.46. The van der Waals surface area contributed by atoms with E-state index in [4.69, 9.17) is 9.47 Å². The molecule has 1 aromatic rings. The van der Waals surface area contributed by atoms with E-state index in [0.717, 1.165) is 5.56 Å². The number of ketones is 1. The van der Waals surface area contributed by atoms with E-state index in [9.17, 15) is 14.4 Å². The van der Waals surface area contributed by atoms with Crippen molar-refractivity contribution in [1.29, 1.82) is 0 Å². The number of benzene rings is 1. The first-order valence-corrected chi connectivity index (χ1v) is 8.54. The minimum Gasteiger partial charge on any atom is -0.465 e. The lowest BCUT2D eigenvalue weighted by atomic mass is 9.62. The highest BCUT2D eigenvalue weighted by Gasteiger charge is 2.49. The average molecular weight is 344 g/mol. The predicted molar refractivity (Wildman–Crippen MR) is 92.8 cm³/mol. The maximum Gasteiger partial charge on any atom is 0.320 e. The van der Waals surface area contributed by atoms with Gasteiger partial charge in [-0.3, -0.25) is 14.4 Å². The van der Waals surface area contributed by atoms with Crippen molar-refractivity contribution in [2.45, 2.75) is 32.6 Å². The molecule has 0 heterocycles. The van der Waals surface area contributed by atoms with Gasteiger partial charge in [-0.05, 0) is 25.5 Å². The lowest BCUT2D eigenvalue weighted by Gasteiger charge is -2.40. The van der Waals surface area contributed by atoms with E-state index in [2.05, 4.69) is 0 Å². The molecule has 0 radical (unpaired) electrons. The van der Waals surface area contributed by atoms with E-state index in [1.165, 1.54) is 6.08 Å². The minimum absolute atomic E-state index is 0.0875. The first-order valence-electron chi connectivity index (χ1n) is 8.54. The van der Waals surface area contributed by atoms with Crippen LogP contribution < -0.4 is 0 Å². The standard InChI is InChI=1S/C20H24O5/c1-4-24-18(22)17(19(23)25-5-2)16-13-15(21)11-12-20(16,3)14-9-7-6-8-10-14/h6-12,16-17H,4-5,13H2,1-3H3. The second-order valence-corrected chi connectivity index (χ2v) is 6.24. The number of allylic oxidation sites excluding steroid dienone is 2. The van der Waals surface area contributed by atoms with Gasteiger partial charge in [0.2, 0.25) is 0 Å². The third-order valence-electron chi connectivity index (χ3n) is 4.69. The molecule has 0 aromatic heterocycles. The fourth-order valence-electron chi connectivity index (χ4n) is 3.35. The Hall–Kier alpha value is -2.43. The zero-order valence-corrected chi connectivity index (χ0v) is 14.9. The summed E-state index contributed by atoms with van der Waals surface area (Å²) in [5.41, 5.74) is 0.279. The zero-order valence-electron chi connectivity index (χ0n) is 14.9. The van der Waals surface area contributed by atoms with Crippen LogP contribution in [0.3, 0.4) is 0 Å². The van der Waals surface area contributed by atoms with E-state index in [0.29, 0.717) is 0 Å². The maximum atomic E-state index is 12.5. The molecular formula is C20H24O5. The van der Waals surface area contributed by atoms with Crippen LogP contribution in [0.25, 0.3) is 0 Å². The maximum absolute atomic E-state index is 12.5. The van der Waals surface area contributed by atoms with Crippen molar-refractivity contribution in [2.24, 2.45) is 11.8 Å². The Morgan fingerprint density at radius 1 is 1.12 bits per heavy atom. The molecule has 2 unspecified atom stereocenters. The second kappa shape index (κ2) is 8.10. The van der Waals surface area contributed by atoms with Crippen molar-refractivity contribution >= 4 is 17.7 Å². The molecule has 134 valence electrons. The minimum atomic E-state index is -1.14. The summed E-state index contributed by atoms with van der Waals surface area (Å²) in [4.78, 5) is 37.1. The molecule has 0 fully saturated rings. The van der Waals surface area contributed by atoms with Gasteiger partial charge in [-0.25, -0.2) is 0 Å². The molecule has 25 heavy (non-hydrogen) atoms. The smallest absolute Gasteiger partial charge is 0.320 e. The van der Waals surface area contributed by atoms with Crippen LogP contribution in [0.1, 0.15) is 32.8 Å². The van der Waals surface area contributed by atoms with Crippen molar-refractivity contribution in [2.75, 3.05) is 13.2 Å². The van der Waals surface area contributed by atoms with Crippen LogP contribution in [-0.2, 0) is 29.3 Å². The van der Waals surface area contributed by atoms with Crippen LogP contribution in [0, 0.1) is 11.8 Å². The fraction of sp³-hybridized carbons (Fsp3) is 0.450. The second-order valence-electron chi connectivity index (χ2n) is 6.24. The van der Waals surface area contributed by atoms with Gasteiger partial charge < -0.3 is 9.47 Å². The number of rotatable bonds is 6. The summed E-state index contributed by atoms with van der Waals surface area (Å²) in [5, 5.41) is 0. The summed E-state index contributed by atoms with van der Waals surface area (Å²) in [6, 6.07) is 9.55. The summed E-state index contributed by atoms with van der Waals surface area (Å²) in [5.74, 6) is -3.10. The molecule has 2 rings (SSSR count). The number of carbonyl (C=O) groups excluding carboxylic acids is 3. The molecule has 1 aromatic carbocycles. The largest absolute Gasteiger partial charge is 0.465 e. The van der Waals surface area contributed by atoms with E-state index >= 15 is 0 Å². The monoisotopic (exact) mass is 344 g/mol. The van der Waals surface area contributed by atoms with Gasteiger partial charge in [0.1, 0.15) is 0 Å². The van der Waals surface area contributed by atoms with E-state index in [1.54, 1.807) is 19.9 Å². The van der Waals surface area contributed by atoms with Crippen LogP contribution in [0.2, 0.25) is 0 Å². The highest BCUT2D eigenvalue weighted by atomic mass is 16.6. The Kier molecular flexibility index (Phi) is 6.12. The summed E-state index contributed by atoms with van der Waals surface area (Å²) in [6.45, 7) is 5.62. The SMILES string of the molecule is CCOC(=O)C(C(=O)OCC)C1CC(=O)C=CC1(C)c1ccccc1. The quantitative estimate of drug-likeness (QED) is 0.586. The van der Waals surface area contributed by atoms with Gasteiger partial charge in [0.25, 0.3) is 0 Å². The summed E-state index contributed by atoms with van der Waals surface area (Å²) in [7, 11) is 0. The topological polar surface area (TPSA) is 69.7 Å². The molecule has 1 aliphatic rings. The summed E-state index contributed by atoms with van der Waals surface area (Å²) < 4.78 is 10.2. The number of hydrogen-bond acceptors (Lipinski definition) is 5. The zero-order chi connectivity index (χ0) is 18.4. The molecule has 5 heteroatoms. The average Bonchev–Trinajstić information content (AvgIpc) is 2.59. The lowest BCUT2D eigenvalue weighted by molar-refractivity contribution is -0.165. The van der Waals surface area contributed by atoms with Gasteiger partial charge in [-0.2, -0.15) is 0 Å². The van der Waals surface area contributed by atoms with Crippen molar-refractivity contribution in [1.82, 2.24) is 0 Å². The van der Waals surface area contributed by atoms with Gasteiger partial charge in [0, 0.05) is 17.8 Å². The fourth-order valence-corrected chi connectivity index (χ4v) is 3.35. The van der Waals surface area contributed by atoms with Crippen molar-refractivity contribution < 1.29 is 23.9 Å². The molecule has 0 spiro atoms. The molecule has 0 bridgehead atoms. The van der Waals surface area contributed by atoms with Gasteiger partial charge in [-0.1, -0.05) is 43.3 Å². The molecule has 0 N–H and O–H groups in total. The summed E-state index contributed by atoms with van der Waals surface area (Å²) in [6.07, 6.45) is 3.39. The molecule has 2 atom stereocenters.